The summed E-state index contributed by atoms with van der Waals surface area (Å²) >= 11 is 12.0. The Morgan fingerprint density at radius 2 is 1.89 bits per heavy atom. The number of rotatable bonds is 3. The van der Waals surface area contributed by atoms with E-state index in [1.165, 1.54) is 6.21 Å². The fourth-order valence-electron chi connectivity index (χ4n) is 1.76. The molecule has 0 aromatic heterocycles. The van der Waals surface area contributed by atoms with Crippen LogP contribution in [0.2, 0.25) is 10.0 Å². The molecule has 0 atom stereocenters. The van der Waals surface area contributed by atoms with Crippen molar-refractivity contribution in [3.8, 4) is 5.75 Å². The number of benzene rings is 1. The Hall–Kier alpha value is -0.870. The van der Waals surface area contributed by atoms with Crippen molar-refractivity contribution in [2.75, 3.05) is 7.05 Å². The molecule has 1 aromatic rings. The molecular formula is C12H11Cl2F2NO. The van der Waals surface area contributed by atoms with Crippen LogP contribution in [0, 0.1) is 0 Å². The first-order valence-corrected chi connectivity index (χ1v) is 6.12. The van der Waals surface area contributed by atoms with Crippen LogP contribution in [0.1, 0.15) is 18.4 Å². The van der Waals surface area contributed by atoms with Crippen molar-refractivity contribution in [2.45, 2.75) is 24.9 Å². The van der Waals surface area contributed by atoms with E-state index in [-0.39, 0.29) is 12.8 Å². The van der Waals surface area contributed by atoms with E-state index in [9.17, 15) is 8.78 Å². The van der Waals surface area contributed by atoms with Gasteiger partial charge in [-0.3, -0.25) is 4.99 Å². The van der Waals surface area contributed by atoms with Gasteiger partial charge in [-0.15, -0.1) is 0 Å². The van der Waals surface area contributed by atoms with Gasteiger partial charge in [0.15, 0.2) is 0 Å². The summed E-state index contributed by atoms with van der Waals surface area (Å²) < 4.78 is 30.7. The van der Waals surface area contributed by atoms with Crippen LogP contribution in [0.5, 0.6) is 5.75 Å². The summed E-state index contributed by atoms with van der Waals surface area (Å²) in [6.45, 7) is 0. The third-order valence-electron chi connectivity index (χ3n) is 2.67. The van der Waals surface area contributed by atoms with E-state index >= 15 is 0 Å². The Morgan fingerprint density at radius 1 is 1.33 bits per heavy atom. The highest BCUT2D eigenvalue weighted by atomic mass is 35.5. The minimum atomic E-state index is -2.60. The van der Waals surface area contributed by atoms with E-state index in [1.807, 2.05) is 0 Å². The lowest BCUT2D eigenvalue weighted by molar-refractivity contribution is -0.134. The van der Waals surface area contributed by atoms with Gasteiger partial charge < -0.3 is 4.74 Å². The van der Waals surface area contributed by atoms with Gasteiger partial charge in [-0.1, -0.05) is 23.2 Å². The lowest BCUT2D eigenvalue weighted by Gasteiger charge is -2.34. The zero-order valence-corrected chi connectivity index (χ0v) is 11.1. The molecule has 0 spiro atoms. The third-order valence-corrected chi connectivity index (χ3v) is 3.29. The summed E-state index contributed by atoms with van der Waals surface area (Å²) in [5.74, 6) is -2.20. The Kier molecular flexibility index (Phi) is 3.78. The van der Waals surface area contributed by atoms with Gasteiger partial charge in [-0.2, -0.15) is 0 Å². The molecule has 1 saturated carbocycles. The number of alkyl halides is 2. The predicted octanol–water partition coefficient (Wildman–Crippen LogP) is 4.22. The first-order valence-electron chi connectivity index (χ1n) is 5.37. The fourth-order valence-corrected chi connectivity index (χ4v) is 2.33. The first-order chi connectivity index (χ1) is 8.41. The van der Waals surface area contributed by atoms with Crippen molar-refractivity contribution in [1.82, 2.24) is 0 Å². The second-order valence-electron chi connectivity index (χ2n) is 4.19. The predicted molar refractivity (Wildman–Crippen MR) is 68.6 cm³/mol. The van der Waals surface area contributed by atoms with Crippen LogP contribution in [-0.2, 0) is 0 Å². The quantitative estimate of drug-likeness (QED) is 0.765. The number of ether oxygens (including phenoxy) is 1. The monoisotopic (exact) mass is 293 g/mol. The maximum Gasteiger partial charge on any atom is 0.255 e. The second kappa shape index (κ2) is 5.02. The molecule has 0 heterocycles. The highest BCUT2D eigenvalue weighted by molar-refractivity contribution is 6.38. The molecule has 0 unspecified atom stereocenters. The van der Waals surface area contributed by atoms with Gasteiger partial charge in [0.05, 0.1) is 10.0 Å². The van der Waals surface area contributed by atoms with E-state index in [2.05, 4.69) is 4.99 Å². The van der Waals surface area contributed by atoms with Gasteiger partial charge in [-0.25, -0.2) is 8.78 Å². The van der Waals surface area contributed by atoms with Crippen molar-refractivity contribution >= 4 is 29.4 Å². The van der Waals surface area contributed by atoms with Crippen molar-refractivity contribution in [3.63, 3.8) is 0 Å². The lowest BCUT2D eigenvalue weighted by atomic mass is 9.91. The maximum atomic E-state index is 12.7. The van der Waals surface area contributed by atoms with Gasteiger partial charge in [-0.05, 0) is 12.1 Å². The summed E-state index contributed by atoms with van der Waals surface area (Å²) in [7, 11) is 1.60. The Labute approximate surface area is 114 Å². The number of halogens is 4. The third kappa shape index (κ3) is 2.93. The minimum absolute atomic E-state index is 0.263. The Balaban J connectivity index is 2.11. The van der Waals surface area contributed by atoms with Crippen molar-refractivity contribution in [3.05, 3.63) is 27.7 Å². The zero-order chi connectivity index (χ0) is 13.3. The van der Waals surface area contributed by atoms with Gasteiger partial charge in [0.25, 0.3) is 5.92 Å². The molecule has 0 saturated heterocycles. The summed E-state index contributed by atoms with van der Waals surface area (Å²) in [4.78, 5) is 3.83. The molecule has 1 aliphatic rings. The van der Waals surface area contributed by atoms with Crippen LogP contribution in [0.3, 0.4) is 0 Å². The largest absolute Gasteiger partial charge is 0.490 e. The molecular weight excluding hydrogens is 283 g/mol. The van der Waals surface area contributed by atoms with Crippen molar-refractivity contribution in [2.24, 2.45) is 4.99 Å². The zero-order valence-electron chi connectivity index (χ0n) is 9.59. The average Bonchev–Trinajstić information content (AvgIpc) is 2.21. The molecule has 0 amide bonds. The summed E-state index contributed by atoms with van der Waals surface area (Å²) in [6, 6.07) is 3.11. The molecule has 0 bridgehead atoms. The molecule has 2 nitrogen and oxygen atoms in total. The average molecular weight is 294 g/mol. The topological polar surface area (TPSA) is 21.6 Å². The van der Waals surface area contributed by atoms with Crippen LogP contribution >= 0.6 is 23.2 Å². The summed E-state index contributed by atoms with van der Waals surface area (Å²) in [5, 5.41) is 0.767. The summed E-state index contributed by atoms with van der Waals surface area (Å²) in [5.41, 5.74) is 0.590. The van der Waals surface area contributed by atoms with Gasteiger partial charge in [0.1, 0.15) is 11.9 Å². The van der Waals surface area contributed by atoms with E-state index in [0.717, 1.165) is 0 Å². The number of nitrogens with zero attached hydrogens (tertiary/aromatic N) is 1. The number of hydrogen-bond donors (Lipinski definition) is 0. The van der Waals surface area contributed by atoms with Crippen LogP contribution in [-0.4, -0.2) is 25.3 Å². The number of hydrogen-bond acceptors (Lipinski definition) is 2. The van der Waals surface area contributed by atoms with Gasteiger partial charge in [0.2, 0.25) is 0 Å². The van der Waals surface area contributed by atoms with Crippen LogP contribution < -0.4 is 4.74 Å². The van der Waals surface area contributed by atoms with Gasteiger partial charge in [0, 0.05) is 31.7 Å². The Morgan fingerprint density at radius 3 is 2.33 bits per heavy atom. The summed E-state index contributed by atoms with van der Waals surface area (Å²) in [6.07, 6.45) is 0.532. The molecule has 0 radical (unpaired) electrons. The molecule has 0 aliphatic heterocycles. The SMILES string of the molecule is CN=Cc1c(Cl)cc(OC2CC(F)(F)C2)cc1Cl. The number of aliphatic imine (C=N–C) groups is 1. The molecule has 1 aromatic carbocycles. The van der Waals surface area contributed by atoms with Gasteiger partial charge >= 0.3 is 0 Å². The van der Waals surface area contributed by atoms with E-state index in [0.29, 0.717) is 21.4 Å². The smallest absolute Gasteiger partial charge is 0.255 e. The second-order valence-corrected chi connectivity index (χ2v) is 5.01. The lowest BCUT2D eigenvalue weighted by Crippen LogP contribution is -2.43. The van der Waals surface area contributed by atoms with E-state index in [1.54, 1.807) is 19.2 Å². The standard InChI is InChI=1S/C12H11Cl2F2NO/c1-17-6-9-10(13)2-7(3-11(9)14)18-8-4-12(15,16)5-8/h2-3,6,8H,4-5H2,1H3. The Bertz CT molecular complexity index is 460. The molecule has 98 valence electrons. The fraction of sp³-hybridized carbons (Fsp3) is 0.417. The van der Waals surface area contributed by atoms with Crippen molar-refractivity contribution < 1.29 is 13.5 Å². The molecule has 6 heteroatoms. The maximum absolute atomic E-state index is 12.7. The molecule has 2 rings (SSSR count). The van der Waals surface area contributed by atoms with E-state index in [4.69, 9.17) is 27.9 Å². The highest BCUT2D eigenvalue weighted by Gasteiger charge is 2.47. The minimum Gasteiger partial charge on any atom is -0.490 e. The first kappa shape index (κ1) is 13.6. The molecule has 1 aliphatic carbocycles. The molecule has 18 heavy (non-hydrogen) atoms. The van der Waals surface area contributed by atoms with Crippen LogP contribution in [0.4, 0.5) is 8.78 Å². The molecule has 1 fully saturated rings. The highest BCUT2D eigenvalue weighted by Crippen LogP contribution is 2.40. The van der Waals surface area contributed by atoms with Crippen LogP contribution in [0.15, 0.2) is 17.1 Å². The molecule has 0 N–H and O–H groups in total. The van der Waals surface area contributed by atoms with Crippen molar-refractivity contribution in [1.29, 1.82) is 0 Å². The van der Waals surface area contributed by atoms with E-state index < -0.39 is 12.0 Å². The normalized spacial score (nSPS) is 18.9. The van der Waals surface area contributed by atoms with Crippen LogP contribution in [0.25, 0.3) is 0 Å².